The zero-order chi connectivity index (χ0) is 13.7. The fourth-order valence-electron chi connectivity index (χ4n) is 1.62. The molecule has 0 saturated carbocycles. The van der Waals surface area contributed by atoms with Crippen molar-refractivity contribution in [2.75, 3.05) is 7.11 Å². The number of methoxy groups -OCH3 is 1. The van der Waals surface area contributed by atoms with Gasteiger partial charge in [0, 0.05) is 4.47 Å². The van der Waals surface area contributed by atoms with E-state index in [-0.39, 0.29) is 12.4 Å². The van der Waals surface area contributed by atoms with E-state index in [0.29, 0.717) is 5.75 Å². The molecule has 3 nitrogen and oxygen atoms in total. The van der Waals surface area contributed by atoms with Crippen LogP contribution in [0.4, 0.5) is 0 Å². The topological polar surface area (TPSA) is 35.5 Å². The summed E-state index contributed by atoms with van der Waals surface area (Å²) < 4.78 is 11.3. The number of carbonyl (C=O) groups excluding carboxylic acids is 1. The second-order valence-corrected chi connectivity index (χ2v) is 4.88. The SMILES string of the molecule is COC(=O)Cc1cccc(Oc2cccc(Br)c2)c1. The molecule has 0 radical (unpaired) electrons. The molecule has 0 atom stereocenters. The Hall–Kier alpha value is -1.81. The molecule has 19 heavy (non-hydrogen) atoms. The van der Waals surface area contributed by atoms with E-state index >= 15 is 0 Å². The molecule has 4 heteroatoms. The molecule has 0 heterocycles. The Morgan fingerprint density at radius 3 is 2.47 bits per heavy atom. The predicted octanol–water partition coefficient (Wildman–Crippen LogP) is 3.96. The van der Waals surface area contributed by atoms with Crippen LogP contribution in [0, 0.1) is 0 Å². The van der Waals surface area contributed by atoms with E-state index in [0.717, 1.165) is 15.8 Å². The first-order chi connectivity index (χ1) is 9.17. The molecule has 0 aromatic heterocycles. The molecule has 0 N–H and O–H groups in total. The Morgan fingerprint density at radius 1 is 1.11 bits per heavy atom. The lowest BCUT2D eigenvalue weighted by atomic mass is 10.1. The summed E-state index contributed by atoms with van der Waals surface area (Å²) in [4.78, 5) is 11.2. The van der Waals surface area contributed by atoms with Crippen LogP contribution in [0.2, 0.25) is 0 Å². The van der Waals surface area contributed by atoms with Crippen LogP contribution < -0.4 is 4.74 Å². The van der Waals surface area contributed by atoms with Crippen LogP contribution >= 0.6 is 15.9 Å². The molecular formula is C15H13BrO3. The highest BCUT2D eigenvalue weighted by atomic mass is 79.9. The Morgan fingerprint density at radius 2 is 1.79 bits per heavy atom. The van der Waals surface area contributed by atoms with Crippen LogP contribution in [0.15, 0.2) is 53.0 Å². The van der Waals surface area contributed by atoms with Crippen LogP contribution in [0.1, 0.15) is 5.56 Å². The fraction of sp³-hybridized carbons (Fsp3) is 0.133. The van der Waals surface area contributed by atoms with Crippen molar-refractivity contribution >= 4 is 21.9 Å². The average molecular weight is 321 g/mol. The number of ether oxygens (including phenoxy) is 2. The zero-order valence-corrected chi connectivity index (χ0v) is 12.0. The van der Waals surface area contributed by atoms with E-state index in [1.165, 1.54) is 7.11 Å². The Bertz CT molecular complexity index is 581. The van der Waals surface area contributed by atoms with Gasteiger partial charge in [0.1, 0.15) is 11.5 Å². The maximum Gasteiger partial charge on any atom is 0.309 e. The highest BCUT2D eigenvalue weighted by Crippen LogP contribution is 2.25. The number of hydrogen-bond donors (Lipinski definition) is 0. The van der Waals surface area contributed by atoms with Gasteiger partial charge in [-0.25, -0.2) is 0 Å². The first kappa shape index (κ1) is 13.6. The minimum absolute atomic E-state index is 0.242. The van der Waals surface area contributed by atoms with E-state index in [1.54, 1.807) is 0 Å². The molecule has 0 aliphatic carbocycles. The molecule has 0 fully saturated rings. The molecule has 2 aromatic rings. The minimum atomic E-state index is -0.264. The summed E-state index contributed by atoms with van der Waals surface area (Å²) in [6, 6.07) is 15.0. The van der Waals surface area contributed by atoms with Crippen molar-refractivity contribution in [1.29, 1.82) is 0 Å². The smallest absolute Gasteiger partial charge is 0.309 e. The molecule has 2 rings (SSSR count). The fourth-order valence-corrected chi connectivity index (χ4v) is 2.00. The number of esters is 1. The normalized spacial score (nSPS) is 10.0. The standard InChI is InChI=1S/C15H13BrO3/c1-18-15(17)9-11-4-2-6-13(8-11)19-14-7-3-5-12(16)10-14/h2-8,10H,9H2,1H3. The largest absolute Gasteiger partial charge is 0.469 e. The summed E-state index contributed by atoms with van der Waals surface area (Å²) in [5.74, 6) is 1.17. The highest BCUT2D eigenvalue weighted by molar-refractivity contribution is 9.10. The Labute approximate surface area is 120 Å². The molecule has 0 unspecified atom stereocenters. The van der Waals surface area contributed by atoms with Gasteiger partial charge < -0.3 is 9.47 Å². The van der Waals surface area contributed by atoms with Gasteiger partial charge in [-0.2, -0.15) is 0 Å². The van der Waals surface area contributed by atoms with Crippen molar-refractivity contribution in [3.63, 3.8) is 0 Å². The van der Waals surface area contributed by atoms with Crippen LogP contribution in [0.5, 0.6) is 11.5 Å². The summed E-state index contributed by atoms with van der Waals surface area (Å²) in [7, 11) is 1.38. The van der Waals surface area contributed by atoms with Crippen LogP contribution in [0.3, 0.4) is 0 Å². The summed E-state index contributed by atoms with van der Waals surface area (Å²) in [5, 5.41) is 0. The van der Waals surface area contributed by atoms with E-state index in [4.69, 9.17) is 4.74 Å². The van der Waals surface area contributed by atoms with Crippen molar-refractivity contribution in [3.8, 4) is 11.5 Å². The van der Waals surface area contributed by atoms with Gasteiger partial charge in [-0.1, -0.05) is 34.1 Å². The monoisotopic (exact) mass is 320 g/mol. The van der Waals surface area contributed by atoms with Gasteiger partial charge in [-0.15, -0.1) is 0 Å². The summed E-state index contributed by atoms with van der Waals surface area (Å²) in [6.45, 7) is 0. The highest BCUT2D eigenvalue weighted by Gasteiger charge is 2.04. The Kier molecular flexibility index (Phi) is 4.58. The van der Waals surface area contributed by atoms with Crippen molar-refractivity contribution < 1.29 is 14.3 Å². The van der Waals surface area contributed by atoms with Gasteiger partial charge >= 0.3 is 5.97 Å². The number of halogens is 1. The van der Waals surface area contributed by atoms with Crippen LogP contribution in [-0.4, -0.2) is 13.1 Å². The van der Waals surface area contributed by atoms with Crippen molar-refractivity contribution in [3.05, 3.63) is 58.6 Å². The first-order valence-electron chi connectivity index (χ1n) is 5.76. The molecule has 0 spiro atoms. The van der Waals surface area contributed by atoms with Gasteiger partial charge in [0.15, 0.2) is 0 Å². The maximum absolute atomic E-state index is 11.2. The van der Waals surface area contributed by atoms with Crippen molar-refractivity contribution in [2.45, 2.75) is 6.42 Å². The third-order valence-corrected chi connectivity index (χ3v) is 3.00. The van der Waals surface area contributed by atoms with Gasteiger partial charge in [-0.3, -0.25) is 4.79 Å². The molecule has 2 aromatic carbocycles. The third-order valence-electron chi connectivity index (χ3n) is 2.51. The zero-order valence-electron chi connectivity index (χ0n) is 10.4. The van der Waals surface area contributed by atoms with E-state index in [9.17, 15) is 4.79 Å². The predicted molar refractivity (Wildman–Crippen MR) is 76.4 cm³/mol. The molecule has 0 bridgehead atoms. The average Bonchev–Trinajstić information content (AvgIpc) is 2.39. The third kappa shape index (κ3) is 4.10. The van der Waals surface area contributed by atoms with Crippen molar-refractivity contribution in [1.82, 2.24) is 0 Å². The molecule has 98 valence electrons. The summed E-state index contributed by atoms with van der Waals surface area (Å²) in [5.41, 5.74) is 0.861. The maximum atomic E-state index is 11.2. The number of benzene rings is 2. The molecule has 0 aliphatic rings. The summed E-state index contributed by atoms with van der Waals surface area (Å²) in [6.07, 6.45) is 0.242. The molecule has 0 amide bonds. The van der Waals surface area contributed by atoms with E-state index < -0.39 is 0 Å². The van der Waals surface area contributed by atoms with Gasteiger partial charge in [0.2, 0.25) is 0 Å². The summed E-state index contributed by atoms with van der Waals surface area (Å²) >= 11 is 3.39. The van der Waals surface area contributed by atoms with Gasteiger partial charge in [-0.05, 0) is 35.9 Å². The van der Waals surface area contributed by atoms with E-state index in [2.05, 4.69) is 20.7 Å². The van der Waals surface area contributed by atoms with Crippen LogP contribution in [-0.2, 0) is 16.0 Å². The van der Waals surface area contributed by atoms with E-state index in [1.807, 2.05) is 48.5 Å². The quantitative estimate of drug-likeness (QED) is 0.800. The molecule has 0 saturated heterocycles. The van der Waals surface area contributed by atoms with Gasteiger partial charge in [0.05, 0.1) is 13.5 Å². The molecular weight excluding hydrogens is 308 g/mol. The second kappa shape index (κ2) is 6.38. The van der Waals surface area contributed by atoms with Crippen molar-refractivity contribution in [2.24, 2.45) is 0 Å². The molecule has 0 aliphatic heterocycles. The first-order valence-corrected chi connectivity index (χ1v) is 6.56. The second-order valence-electron chi connectivity index (χ2n) is 3.96. The Balaban J connectivity index is 2.13. The number of hydrogen-bond acceptors (Lipinski definition) is 3. The lowest BCUT2D eigenvalue weighted by Crippen LogP contribution is -2.04. The lowest BCUT2D eigenvalue weighted by molar-refractivity contribution is -0.139. The number of carbonyl (C=O) groups is 1. The van der Waals surface area contributed by atoms with Crippen LogP contribution in [0.25, 0.3) is 0 Å². The lowest BCUT2D eigenvalue weighted by Gasteiger charge is -2.07. The minimum Gasteiger partial charge on any atom is -0.469 e. The van der Waals surface area contributed by atoms with Gasteiger partial charge in [0.25, 0.3) is 0 Å². The number of rotatable bonds is 4.